The van der Waals surface area contributed by atoms with Gasteiger partial charge in [-0.05, 0) is 63.2 Å². The molecule has 0 N–H and O–H groups in total. The molecule has 0 spiro atoms. The summed E-state index contributed by atoms with van der Waals surface area (Å²) in [4.78, 5) is 2.28. The van der Waals surface area contributed by atoms with Crippen molar-refractivity contribution in [2.75, 3.05) is 11.9 Å². The van der Waals surface area contributed by atoms with Crippen molar-refractivity contribution >= 4 is 11.4 Å². The summed E-state index contributed by atoms with van der Waals surface area (Å²) in [6.07, 6.45) is 0. The van der Waals surface area contributed by atoms with E-state index in [4.69, 9.17) is 0 Å². The van der Waals surface area contributed by atoms with Gasteiger partial charge in [0.15, 0.2) is 0 Å². The quantitative estimate of drug-likeness (QED) is 0.228. The Kier molecular flexibility index (Phi) is 5.64. The predicted octanol–water partition coefficient (Wildman–Crippen LogP) is 9.48. The highest BCUT2D eigenvalue weighted by molar-refractivity contribution is 5.90. The Morgan fingerprint density at radius 2 is 0.949 bits per heavy atom. The fourth-order valence-electron chi connectivity index (χ4n) is 6.41. The fourth-order valence-corrected chi connectivity index (χ4v) is 6.41. The molecule has 39 heavy (non-hydrogen) atoms. The van der Waals surface area contributed by atoms with Crippen molar-refractivity contribution in [1.29, 1.82) is 0 Å². The summed E-state index contributed by atoms with van der Waals surface area (Å²) in [7, 11) is 2.15. The van der Waals surface area contributed by atoms with Gasteiger partial charge in [-0.2, -0.15) is 0 Å². The average molecular weight is 500 g/mol. The minimum Gasteiger partial charge on any atom is -0.344 e. The molecule has 0 radical (unpaired) electrons. The molecule has 6 aromatic rings. The zero-order valence-corrected chi connectivity index (χ0v) is 22.0. The van der Waals surface area contributed by atoms with Crippen molar-refractivity contribution in [2.24, 2.45) is 0 Å². The summed E-state index contributed by atoms with van der Waals surface area (Å²) in [6.45, 7) is 0. The molecule has 0 saturated heterocycles. The van der Waals surface area contributed by atoms with E-state index in [1.165, 1.54) is 55.9 Å². The third-order valence-corrected chi connectivity index (χ3v) is 8.18. The Hall–Kier alpha value is -4.88. The molecule has 0 unspecified atom stereocenters. The van der Waals surface area contributed by atoms with E-state index in [2.05, 4.69) is 170 Å². The van der Waals surface area contributed by atoms with E-state index >= 15 is 0 Å². The summed E-state index contributed by atoms with van der Waals surface area (Å²) >= 11 is 0. The summed E-state index contributed by atoms with van der Waals surface area (Å²) in [5, 5.41) is 0. The third kappa shape index (κ3) is 3.62. The van der Waals surface area contributed by atoms with Crippen LogP contribution in [0.25, 0.3) is 22.3 Å². The number of para-hydroxylation sites is 2. The molecule has 0 bridgehead atoms. The number of hydrogen-bond acceptors (Lipinski definition) is 1. The Morgan fingerprint density at radius 3 is 1.62 bits per heavy atom. The number of anilines is 2. The van der Waals surface area contributed by atoms with Gasteiger partial charge >= 0.3 is 0 Å². The van der Waals surface area contributed by atoms with E-state index in [9.17, 15) is 0 Å². The highest BCUT2D eigenvalue weighted by Gasteiger charge is 2.46. The second-order valence-corrected chi connectivity index (χ2v) is 10.2. The molecule has 186 valence electrons. The lowest BCUT2D eigenvalue weighted by atomic mass is 9.67. The Bertz CT molecular complexity index is 1710. The van der Waals surface area contributed by atoms with Gasteiger partial charge < -0.3 is 4.90 Å². The zero-order chi connectivity index (χ0) is 26.2. The van der Waals surface area contributed by atoms with Crippen LogP contribution >= 0.6 is 0 Å². The fraction of sp³-hybridized carbons (Fsp3) is 0.0526. The minimum absolute atomic E-state index is 0.398. The van der Waals surface area contributed by atoms with Gasteiger partial charge in [-0.15, -0.1) is 0 Å². The monoisotopic (exact) mass is 499 g/mol. The van der Waals surface area contributed by atoms with Gasteiger partial charge in [0.2, 0.25) is 0 Å². The second-order valence-electron chi connectivity index (χ2n) is 10.2. The van der Waals surface area contributed by atoms with Crippen LogP contribution < -0.4 is 4.90 Å². The van der Waals surface area contributed by atoms with E-state index < -0.39 is 5.41 Å². The SMILES string of the molecule is CN(c1ccccc1)c1ccccc1-c1ccc2c(c1)C(c1ccccc1)(c1ccccc1)c1ccccc1-2. The lowest BCUT2D eigenvalue weighted by Gasteiger charge is -2.34. The Labute approximate surface area is 230 Å². The lowest BCUT2D eigenvalue weighted by molar-refractivity contribution is 0.769. The number of hydrogen-bond donors (Lipinski definition) is 0. The predicted molar refractivity (Wildman–Crippen MR) is 164 cm³/mol. The van der Waals surface area contributed by atoms with Crippen molar-refractivity contribution in [3.8, 4) is 22.3 Å². The van der Waals surface area contributed by atoms with Gasteiger partial charge in [0, 0.05) is 24.0 Å². The smallest absolute Gasteiger partial charge is 0.0713 e. The molecular weight excluding hydrogens is 470 g/mol. The van der Waals surface area contributed by atoms with Crippen LogP contribution in [0.3, 0.4) is 0 Å². The Morgan fingerprint density at radius 1 is 0.436 bits per heavy atom. The van der Waals surface area contributed by atoms with Crippen LogP contribution in [0.2, 0.25) is 0 Å². The average Bonchev–Trinajstić information content (AvgIpc) is 3.32. The van der Waals surface area contributed by atoms with E-state index in [1.54, 1.807) is 0 Å². The molecule has 1 nitrogen and oxygen atoms in total. The van der Waals surface area contributed by atoms with Crippen molar-refractivity contribution in [1.82, 2.24) is 0 Å². The summed E-state index contributed by atoms with van der Waals surface area (Å²) in [5.41, 5.74) is 12.2. The van der Waals surface area contributed by atoms with Gasteiger partial charge in [-0.3, -0.25) is 0 Å². The molecule has 0 amide bonds. The Balaban J connectivity index is 1.50. The van der Waals surface area contributed by atoms with Crippen LogP contribution in [-0.4, -0.2) is 7.05 Å². The summed E-state index contributed by atoms with van der Waals surface area (Å²) < 4.78 is 0. The maximum absolute atomic E-state index is 2.44. The largest absolute Gasteiger partial charge is 0.344 e. The van der Waals surface area contributed by atoms with Gasteiger partial charge in [0.25, 0.3) is 0 Å². The van der Waals surface area contributed by atoms with Crippen molar-refractivity contribution in [3.05, 3.63) is 180 Å². The molecule has 1 aliphatic rings. The first-order valence-corrected chi connectivity index (χ1v) is 13.5. The first-order valence-electron chi connectivity index (χ1n) is 13.5. The molecule has 0 saturated carbocycles. The van der Waals surface area contributed by atoms with E-state index in [-0.39, 0.29) is 0 Å². The number of nitrogens with zero attached hydrogens (tertiary/aromatic N) is 1. The van der Waals surface area contributed by atoms with Crippen LogP contribution in [-0.2, 0) is 5.41 Å². The number of fused-ring (bicyclic) bond motifs is 3. The molecule has 0 heterocycles. The van der Waals surface area contributed by atoms with E-state index in [1.807, 2.05) is 0 Å². The van der Waals surface area contributed by atoms with Gasteiger partial charge in [-0.1, -0.05) is 133 Å². The van der Waals surface area contributed by atoms with Gasteiger partial charge in [0.05, 0.1) is 5.41 Å². The van der Waals surface area contributed by atoms with E-state index in [0.717, 1.165) is 0 Å². The topological polar surface area (TPSA) is 3.24 Å². The molecule has 6 aromatic carbocycles. The van der Waals surface area contributed by atoms with Crippen molar-refractivity contribution in [2.45, 2.75) is 5.41 Å². The summed E-state index contributed by atoms with van der Waals surface area (Å²) in [5.74, 6) is 0. The maximum atomic E-state index is 2.44. The normalized spacial score (nSPS) is 12.9. The molecule has 0 aromatic heterocycles. The third-order valence-electron chi connectivity index (χ3n) is 8.18. The first-order chi connectivity index (χ1) is 19.3. The summed E-state index contributed by atoms with van der Waals surface area (Å²) in [6, 6.07) is 57.3. The number of rotatable bonds is 5. The van der Waals surface area contributed by atoms with Crippen LogP contribution in [0.4, 0.5) is 11.4 Å². The van der Waals surface area contributed by atoms with Gasteiger partial charge in [0.1, 0.15) is 0 Å². The molecule has 0 fully saturated rings. The highest BCUT2D eigenvalue weighted by Crippen LogP contribution is 2.56. The highest BCUT2D eigenvalue weighted by atomic mass is 15.1. The minimum atomic E-state index is -0.398. The van der Waals surface area contributed by atoms with Crippen LogP contribution in [0, 0.1) is 0 Å². The lowest BCUT2D eigenvalue weighted by Crippen LogP contribution is -2.28. The zero-order valence-electron chi connectivity index (χ0n) is 22.0. The van der Waals surface area contributed by atoms with E-state index in [0.29, 0.717) is 0 Å². The maximum Gasteiger partial charge on any atom is 0.0713 e. The molecule has 1 heteroatoms. The van der Waals surface area contributed by atoms with Gasteiger partial charge in [-0.25, -0.2) is 0 Å². The van der Waals surface area contributed by atoms with Crippen LogP contribution in [0.15, 0.2) is 158 Å². The molecular formula is C38H29N. The first kappa shape index (κ1) is 23.3. The molecule has 1 aliphatic carbocycles. The molecule has 0 aliphatic heterocycles. The van der Waals surface area contributed by atoms with Crippen LogP contribution in [0.1, 0.15) is 22.3 Å². The molecule has 7 rings (SSSR count). The molecule has 0 atom stereocenters. The number of benzene rings is 6. The van der Waals surface area contributed by atoms with Crippen LogP contribution in [0.5, 0.6) is 0 Å². The van der Waals surface area contributed by atoms with Crippen molar-refractivity contribution in [3.63, 3.8) is 0 Å². The van der Waals surface area contributed by atoms with Crippen molar-refractivity contribution < 1.29 is 0 Å². The second kappa shape index (κ2) is 9.45. The standard InChI is InChI=1S/C38H29N/c1-39(31-19-9-4-10-20-31)37-24-14-12-21-32(37)28-25-26-34-33-22-11-13-23-35(33)38(36(34)27-28,29-15-5-2-6-16-29)30-17-7-3-8-18-30/h2-27H,1H3.